The minimum absolute atomic E-state index is 0.118. The number of nitrogens with zero attached hydrogens (tertiary/aromatic N) is 4. The number of rotatable bonds is 14. The van der Waals surface area contributed by atoms with E-state index in [9.17, 15) is 24.3 Å². The van der Waals surface area contributed by atoms with E-state index in [1.54, 1.807) is 23.2 Å². The number of H-pyrrole nitrogens is 2. The van der Waals surface area contributed by atoms with Crippen LogP contribution in [0.2, 0.25) is 0 Å². The number of aromatic nitrogens is 4. The first-order valence-electron chi connectivity index (χ1n) is 22.2. The number of fused-ring (bicyclic) bond motifs is 4. The Morgan fingerprint density at radius 3 is 2.26 bits per heavy atom. The summed E-state index contributed by atoms with van der Waals surface area (Å²) < 4.78 is 4.79. The van der Waals surface area contributed by atoms with Crippen molar-refractivity contribution in [2.45, 2.75) is 84.2 Å². The van der Waals surface area contributed by atoms with Gasteiger partial charge in [-0.15, -0.1) is 0 Å². The lowest BCUT2D eigenvalue weighted by atomic mass is 9.97. The number of benzene rings is 5. The van der Waals surface area contributed by atoms with Gasteiger partial charge in [0, 0.05) is 24.0 Å². The Kier molecular flexibility index (Phi) is 12.7. The highest BCUT2D eigenvalue weighted by molar-refractivity contribution is 6.06. The first kappa shape index (κ1) is 44.5. The van der Waals surface area contributed by atoms with E-state index in [-0.39, 0.29) is 30.3 Å². The van der Waals surface area contributed by atoms with Crippen molar-refractivity contribution in [3.8, 4) is 22.4 Å². The Balaban J connectivity index is 0.988. The van der Waals surface area contributed by atoms with Gasteiger partial charge in [0.05, 0.1) is 42.6 Å². The van der Waals surface area contributed by atoms with Crippen LogP contribution < -0.4 is 10.6 Å². The van der Waals surface area contributed by atoms with Gasteiger partial charge in [-0.1, -0.05) is 93.6 Å². The highest BCUT2D eigenvalue weighted by Crippen LogP contribution is 2.36. The lowest BCUT2D eigenvalue weighted by Crippen LogP contribution is -2.51. The van der Waals surface area contributed by atoms with Gasteiger partial charge in [0.25, 0.3) is 5.91 Å². The van der Waals surface area contributed by atoms with Crippen LogP contribution in [-0.4, -0.2) is 90.5 Å². The maximum absolute atomic E-state index is 14.1. The number of alkyl carbamates (subject to hydrolysis) is 1. The third-order valence-electron chi connectivity index (χ3n) is 12.2. The summed E-state index contributed by atoms with van der Waals surface area (Å²) in [6, 6.07) is 30.4. The summed E-state index contributed by atoms with van der Waals surface area (Å²) in [5.74, 6) is 0.154. The predicted octanol–water partition coefficient (Wildman–Crippen LogP) is 8.34. The average molecular weight is 877 g/mol. The van der Waals surface area contributed by atoms with E-state index >= 15 is 0 Å². The normalized spacial score (nSPS) is 15.1. The number of nitrogens with one attached hydrogen (secondary N) is 4. The Bertz CT molecular complexity index is 2880. The van der Waals surface area contributed by atoms with Crippen LogP contribution in [0.15, 0.2) is 103 Å². The second-order valence-corrected chi connectivity index (χ2v) is 17.7. The molecule has 14 nitrogen and oxygen atoms in total. The molecule has 2 aromatic heterocycles. The number of aliphatic hydroxyl groups is 1. The van der Waals surface area contributed by atoms with Crippen molar-refractivity contribution in [1.29, 1.82) is 0 Å². The van der Waals surface area contributed by atoms with Gasteiger partial charge in [-0.05, 0) is 96.1 Å². The zero-order valence-corrected chi connectivity index (χ0v) is 37.6. The molecular formula is C51H56N8O6. The lowest BCUT2D eigenvalue weighted by Gasteiger charge is -2.29. The Morgan fingerprint density at radius 1 is 0.892 bits per heavy atom. The Labute approximate surface area is 377 Å². The summed E-state index contributed by atoms with van der Waals surface area (Å²) >= 11 is 0. The molecule has 1 aliphatic rings. The number of likely N-dealkylation sites (tertiary alicyclic amines) is 1. The van der Waals surface area contributed by atoms with E-state index in [1.165, 1.54) is 21.0 Å². The van der Waals surface area contributed by atoms with Crippen LogP contribution in [0.4, 0.5) is 4.79 Å². The van der Waals surface area contributed by atoms with Crippen LogP contribution in [0.25, 0.3) is 55.0 Å². The number of carbonyl (C=O) groups is 4. The van der Waals surface area contributed by atoms with Crippen molar-refractivity contribution in [2.24, 2.45) is 5.92 Å². The topological polar surface area (TPSA) is 186 Å². The molecule has 0 radical (unpaired) electrons. The molecule has 7 aromatic rings. The van der Waals surface area contributed by atoms with E-state index in [0.717, 1.165) is 73.6 Å². The highest BCUT2D eigenvalue weighted by atomic mass is 16.5. The standard InChI is InChI=1S/C51H56N8O6/c1-7-23-58(47(60)44(31-12-9-8-10-13-31)56-49(62)51(4,5)64)29-42-52-28-40(53-42)37-18-17-33-25-32(15-16-34(33)27-37)35-19-21-38-36(26-35)20-22-39-45(38)55-46(54-39)41-14-11-24-59(41)48(61)43(30(2)3)57-50(63)65-6/h8-10,12-13,15-22,25-28,30,41,43-44,64H,7,11,14,23-24,29H2,1-6H3,(H,52,53)(H,54,55)(H,56,62)(H,57,63). The van der Waals surface area contributed by atoms with Gasteiger partial charge in [-0.25, -0.2) is 14.8 Å². The summed E-state index contributed by atoms with van der Waals surface area (Å²) in [6.07, 6.45) is 3.46. The van der Waals surface area contributed by atoms with E-state index in [2.05, 4.69) is 86.2 Å². The molecule has 1 saturated heterocycles. The second-order valence-electron chi connectivity index (χ2n) is 17.7. The van der Waals surface area contributed by atoms with Crippen LogP contribution in [0, 0.1) is 5.92 Å². The van der Waals surface area contributed by atoms with Crippen LogP contribution in [-0.2, 0) is 25.7 Å². The largest absolute Gasteiger partial charge is 0.453 e. The molecule has 8 rings (SSSR count). The quantitative estimate of drug-likeness (QED) is 0.0722. The number of hydrogen-bond donors (Lipinski definition) is 5. The minimum Gasteiger partial charge on any atom is -0.453 e. The van der Waals surface area contributed by atoms with Gasteiger partial charge in [0.15, 0.2) is 0 Å². The summed E-state index contributed by atoms with van der Waals surface area (Å²) in [5, 5.41) is 20.0. The molecule has 336 valence electrons. The van der Waals surface area contributed by atoms with Crippen LogP contribution in [0.3, 0.4) is 0 Å². The SMILES string of the molecule is CCCN(Cc1ncc(-c2ccc3cc(-c4ccc5c(ccc6[nH]c(C7CCCN7C(=O)C(NC(=O)OC)C(C)C)nc65)c4)ccc3c2)[nH]1)C(=O)C(NC(=O)C(C)(C)O)c1ccccc1. The molecule has 0 spiro atoms. The van der Waals surface area contributed by atoms with Crippen molar-refractivity contribution in [2.75, 3.05) is 20.2 Å². The molecule has 0 bridgehead atoms. The Morgan fingerprint density at radius 2 is 1.57 bits per heavy atom. The molecule has 4 amide bonds. The first-order chi connectivity index (χ1) is 31.2. The number of carbonyl (C=O) groups excluding carboxylic acids is 4. The zero-order valence-electron chi connectivity index (χ0n) is 37.6. The molecule has 3 heterocycles. The number of hydrogen-bond acceptors (Lipinski definition) is 8. The predicted molar refractivity (Wildman–Crippen MR) is 251 cm³/mol. The molecule has 3 unspecified atom stereocenters. The molecule has 1 aliphatic heterocycles. The molecule has 5 aromatic carbocycles. The van der Waals surface area contributed by atoms with E-state index in [0.29, 0.717) is 30.9 Å². The minimum atomic E-state index is -1.66. The van der Waals surface area contributed by atoms with Crippen molar-refractivity contribution in [3.63, 3.8) is 0 Å². The van der Waals surface area contributed by atoms with Gasteiger partial charge in [0.2, 0.25) is 11.8 Å². The van der Waals surface area contributed by atoms with Crippen molar-refractivity contribution in [3.05, 3.63) is 120 Å². The van der Waals surface area contributed by atoms with Crippen molar-refractivity contribution >= 4 is 56.4 Å². The van der Waals surface area contributed by atoms with Gasteiger partial charge >= 0.3 is 6.09 Å². The summed E-state index contributed by atoms with van der Waals surface area (Å²) in [7, 11) is 1.29. The molecule has 14 heteroatoms. The molecular weight excluding hydrogens is 821 g/mol. The monoisotopic (exact) mass is 876 g/mol. The summed E-state index contributed by atoms with van der Waals surface area (Å²) in [6.45, 7) is 9.83. The summed E-state index contributed by atoms with van der Waals surface area (Å²) in [5.41, 5.74) is 4.63. The molecule has 0 aliphatic carbocycles. The molecule has 3 atom stereocenters. The van der Waals surface area contributed by atoms with Crippen LogP contribution in [0.1, 0.15) is 83.2 Å². The second kappa shape index (κ2) is 18.6. The van der Waals surface area contributed by atoms with Gasteiger partial charge in [-0.2, -0.15) is 0 Å². The fraction of sp³-hybridized carbons (Fsp3) is 0.333. The third-order valence-corrected chi connectivity index (χ3v) is 12.2. The fourth-order valence-corrected chi connectivity index (χ4v) is 8.67. The van der Waals surface area contributed by atoms with E-state index < -0.39 is 29.7 Å². The van der Waals surface area contributed by atoms with Gasteiger partial charge < -0.3 is 40.2 Å². The van der Waals surface area contributed by atoms with Gasteiger partial charge in [0.1, 0.15) is 29.3 Å². The van der Waals surface area contributed by atoms with E-state index in [4.69, 9.17) is 9.72 Å². The number of aromatic amines is 2. The summed E-state index contributed by atoms with van der Waals surface area (Å²) in [4.78, 5) is 72.9. The number of amides is 4. The molecule has 65 heavy (non-hydrogen) atoms. The van der Waals surface area contributed by atoms with Crippen molar-refractivity contribution < 1.29 is 29.0 Å². The number of ether oxygens (including phenoxy) is 1. The zero-order chi connectivity index (χ0) is 46.0. The maximum atomic E-state index is 14.1. The van der Waals surface area contributed by atoms with Crippen LogP contribution >= 0.6 is 0 Å². The lowest BCUT2D eigenvalue weighted by molar-refractivity contribution is -0.143. The highest BCUT2D eigenvalue weighted by Gasteiger charge is 2.38. The molecule has 1 fully saturated rings. The fourth-order valence-electron chi connectivity index (χ4n) is 8.67. The molecule has 5 N–H and O–H groups in total. The smallest absolute Gasteiger partial charge is 0.407 e. The average Bonchev–Trinajstić information content (AvgIpc) is 4.09. The molecule has 0 saturated carbocycles. The number of methoxy groups -OCH3 is 1. The first-order valence-corrected chi connectivity index (χ1v) is 22.2. The van der Waals surface area contributed by atoms with E-state index in [1.807, 2.05) is 49.9 Å². The van der Waals surface area contributed by atoms with Crippen molar-refractivity contribution in [1.82, 2.24) is 40.4 Å². The Hall–Kier alpha value is -7.06. The third kappa shape index (κ3) is 9.44. The maximum Gasteiger partial charge on any atom is 0.407 e. The van der Waals surface area contributed by atoms with Gasteiger partial charge in [-0.3, -0.25) is 14.4 Å². The number of imidazole rings is 2. The van der Waals surface area contributed by atoms with Crippen LogP contribution in [0.5, 0.6) is 0 Å².